The zero-order valence-corrected chi connectivity index (χ0v) is 12.2. The minimum atomic E-state index is 0.264. The molecule has 0 aliphatic heterocycles. The molecule has 2 nitrogen and oxygen atoms in total. The maximum atomic E-state index is 5.51. The highest BCUT2D eigenvalue weighted by atomic mass is 79.9. The lowest BCUT2D eigenvalue weighted by molar-refractivity contribution is 0.411. The minimum Gasteiger partial charge on any atom is -0.468 e. The van der Waals surface area contributed by atoms with Gasteiger partial charge in [0, 0.05) is 15.8 Å². The van der Waals surface area contributed by atoms with Gasteiger partial charge in [0.25, 0.3) is 0 Å². The highest BCUT2D eigenvalue weighted by Gasteiger charge is 2.16. The van der Waals surface area contributed by atoms with Crippen molar-refractivity contribution in [1.82, 2.24) is 5.32 Å². The first-order chi connectivity index (χ1) is 8.31. The summed E-state index contributed by atoms with van der Waals surface area (Å²) in [4.78, 5) is 1.36. The number of thiophene rings is 1. The summed E-state index contributed by atoms with van der Waals surface area (Å²) in [5.74, 6) is 1.01. The Kier molecular flexibility index (Phi) is 4.83. The van der Waals surface area contributed by atoms with Crippen LogP contribution in [0, 0.1) is 0 Å². The third-order valence-electron chi connectivity index (χ3n) is 2.61. The number of halogens is 1. The van der Waals surface area contributed by atoms with Crippen LogP contribution in [-0.2, 0) is 6.42 Å². The zero-order chi connectivity index (χ0) is 12.1. The Bertz CT molecular complexity index is 438. The van der Waals surface area contributed by atoms with Gasteiger partial charge in [-0.1, -0.05) is 6.92 Å². The van der Waals surface area contributed by atoms with E-state index in [2.05, 4.69) is 39.6 Å². The lowest BCUT2D eigenvalue weighted by Crippen LogP contribution is -2.23. The van der Waals surface area contributed by atoms with Crippen LogP contribution in [-0.4, -0.2) is 6.54 Å². The van der Waals surface area contributed by atoms with Crippen molar-refractivity contribution in [1.29, 1.82) is 0 Å². The first-order valence-corrected chi connectivity index (χ1v) is 7.47. The Balaban J connectivity index is 2.08. The minimum absolute atomic E-state index is 0.264. The van der Waals surface area contributed by atoms with Gasteiger partial charge in [0.2, 0.25) is 0 Å². The van der Waals surface area contributed by atoms with E-state index >= 15 is 0 Å². The van der Waals surface area contributed by atoms with Crippen LogP contribution in [0.3, 0.4) is 0 Å². The van der Waals surface area contributed by atoms with Crippen LogP contribution in [0.1, 0.15) is 30.0 Å². The Morgan fingerprint density at radius 3 is 2.94 bits per heavy atom. The maximum Gasteiger partial charge on any atom is 0.121 e. The zero-order valence-electron chi connectivity index (χ0n) is 9.78. The van der Waals surface area contributed by atoms with Gasteiger partial charge < -0.3 is 9.73 Å². The molecule has 92 valence electrons. The second kappa shape index (κ2) is 6.38. The van der Waals surface area contributed by atoms with E-state index in [-0.39, 0.29) is 6.04 Å². The fourth-order valence-electron chi connectivity index (χ4n) is 1.74. The predicted octanol–water partition coefficient (Wildman–Crippen LogP) is 4.39. The molecule has 2 heterocycles. The van der Waals surface area contributed by atoms with Crippen LogP contribution in [0.25, 0.3) is 0 Å². The molecule has 1 atom stereocenters. The second-order valence-electron chi connectivity index (χ2n) is 3.92. The van der Waals surface area contributed by atoms with Crippen molar-refractivity contribution in [2.45, 2.75) is 25.8 Å². The van der Waals surface area contributed by atoms with E-state index < -0.39 is 0 Å². The molecule has 0 saturated heterocycles. The van der Waals surface area contributed by atoms with Crippen molar-refractivity contribution >= 4 is 27.3 Å². The average molecular weight is 314 g/mol. The molecular formula is C13H16BrNOS. The second-order valence-corrected chi connectivity index (χ2v) is 5.77. The van der Waals surface area contributed by atoms with Gasteiger partial charge in [0.05, 0.1) is 12.3 Å². The number of nitrogens with one attached hydrogen (secondary N) is 1. The molecule has 0 bridgehead atoms. The van der Waals surface area contributed by atoms with E-state index in [4.69, 9.17) is 4.42 Å². The van der Waals surface area contributed by atoms with Crippen molar-refractivity contribution in [2.24, 2.45) is 0 Å². The van der Waals surface area contributed by atoms with Crippen molar-refractivity contribution < 1.29 is 4.42 Å². The molecule has 0 amide bonds. The maximum absolute atomic E-state index is 5.51. The lowest BCUT2D eigenvalue weighted by Gasteiger charge is -2.15. The summed E-state index contributed by atoms with van der Waals surface area (Å²) in [6.45, 7) is 3.18. The molecule has 0 radical (unpaired) electrons. The van der Waals surface area contributed by atoms with Crippen LogP contribution >= 0.6 is 27.3 Å². The van der Waals surface area contributed by atoms with Gasteiger partial charge in [-0.05, 0) is 52.5 Å². The lowest BCUT2D eigenvalue weighted by atomic mass is 10.1. The van der Waals surface area contributed by atoms with Crippen LogP contribution in [0.15, 0.2) is 38.7 Å². The van der Waals surface area contributed by atoms with Crippen LogP contribution in [0.2, 0.25) is 0 Å². The van der Waals surface area contributed by atoms with Crippen molar-refractivity contribution in [3.8, 4) is 0 Å². The topological polar surface area (TPSA) is 25.2 Å². The molecule has 0 fully saturated rings. The smallest absolute Gasteiger partial charge is 0.121 e. The van der Waals surface area contributed by atoms with E-state index in [0.29, 0.717) is 0 Å². The van der Waals surface area contributed by atoms with Gasteiger partial charge in [0.15, 0.2) is 0 Å². The molecule has 2 aromatic rings. The van der Waals surface area contributed by atoms with E-state index in [0.717, 1.165) is 25.1 Å². The van der Waals surface area contributed by atoms with Crippen molar-refractivity contribution in [3.63, 3.8) is 0 Å². The van der Waals surface area contributed by atoms with Gasteiger partial charge in [0.1, 0.15) is 5.76 Å². The number of furan rings is 1. The Morgan fingerprint density at radius 2 is 2.35 bits per heavy atom. The molecule has 4 heteroatoms. The Labute approximate surface area is 114 Å². The summed E-state index contributed by atoms with van der Waals surface area (Å²) in [7, 11) is 0. The third-order valence-corrected chi connectivity index (χ3v) is 4.56. The van der Waals surface area contributed by atoms with Crippen LogP contribution in [0.4, 0.5) is 0 Å². The summed E-state index contributed by atoms with van der Waals surface area (Å²) in [5, 5.41) is 5.64. The summed E-state index contributed by atoms with van der Waals surface area (Å²) in [6, 6.07) is 6.34. The Morgan fingerprint density at radius 1 is 1.47 bits per heavy atom. The highest BCUT2D eigenvalue weighted by molar-refractivity contribution is 9.10. The summed E-state index contributed by atoms with van der Waals surface area (Å²) in [5.41, 5.74) is 0. The van der Waals surface area contributed by atoms with Gasteiger partial charge in [-0.2, -0.15) is 0 Å². The normalized spacial score (nSPS) is 12.8. The van der Waals surface area contributed by atoms with Gasteiger partial charge in [-0.3, -0.25) is 0 Å². The fourth-order valence-corrected chi connectivity index (χ4v) is 3.30. The monoisotopic (exact) mass is 313 g/mol. The first-order valence-electron chi connectivity index (χ1n) is 5.80. The summed E-state index contributed by atoms with van der Waals surface area (Å²) < 4.78 is 6.70. The van der Waals surface area contributed by atoms with E-state index in [1.54, 1.807) is 17.6 Å². The molecule has 0 aliphatic carbocycles. The molecular weight excluding hydrogens is 298 g/mol. The molecule has 2 rings (SSSR count). The first kappa shape index (κ1) is 12.9. The predicted molar refractivity (Wildman–Crippen MR) is 75.5 cm³/mol. The molecule has 1 N–H and O–H groups in total. The number of hydrogen-bond donors (Lipinski definition) is 1. The largest absolute Gasteiger partial charge is 0.468 e. The van der Waals surface area contributed by atoms with Crippen LogP contribution < -0.4 is 5.32 Å². The summed E-state index contributed by atoms with van der Waals surface area (Å²) in [6.07, 6.45) is 3.83. The fraction of sp³-hybridized carbons (Fsp3) is 0.385. The molecule has 0 aliphatic rings. The van der Waals surface area contributed by atoms with E-state index in [1.807, 2.05) is 12.1 Å². The highest BCUT2D eigenvalue weighted by Crippen LogP contribution is 2.28. The average Bonchev–Trinajstić information content (AvgIpc) is 2.96. The SMILES string of the molecule is CCCNC(Cc1sccc1Br)c1ccco1. The van der Waals surface area contributed by atoms with Gasteiger partial charge in [-0.25, -0.2) is 0 Å². The van der Waals surface area contributed by atoms with E-state index in [1.165, 1.54) is 9.35 Å². The van der Waals surface area contributed by atoms with Crippen molar-refractivity contribution in [2.75, 3.05) is 6.54 Å². The number of hydrogen-bond acceptors (Lipinski definition) is 3. The van der Waals surface area contributed by atoms with Gasteiger partial charge in [-0.15, -0.1) is 11.3 Å². The molecule has 0 saturated carbocycles. The summed E-state index contributed by atoms with van der Waals surface area (Å²) >= 11 is 5.36. The quantitative estimate of drug-likeness (QED) is 0.855. The van der Waals surface area contributed by atoms with E-state index in [9.17, 15) is 0 Å². The van der Waals surface area contributed by atoms with Crippen LogP contribution in [0.5, 0.6) is 0 Å². The molecule has 0 aromatic carbocycles. The number of rotatable bonds is 6. The van der Waals surface area contributed by atoms with Crippen molar-refractivity contribution in [3.05, 3.63) is 45.0 Å². The third kappa shape index (κ3) is 3.44. The molecule has 17 heavy (non-hydrogen) atoms. The molecule has 0 spiro atoms. The molecule has 1 unspecified atom stereocenters. The Hall–Kier alpha value is -0.580. The van der Waals surface area contributed by atoms with Gasteiger partial charge >= 0.3 is 0 Å². The standard InChI is InChI=1S/C13H16BrNOS/c1-2-6-15-11(12-4-3-7-16-12)9-13-10(14)5-8-17-13/h3-5,7-8,11,15H,2,6,9H2,1H3. The molecule has 2 aromatic heterocycles.